The fourth-order valence-corrected chi connectivity index (χ4v) is 4.27. The number of benzene rings is 1. The van der Waals surface area contributed by atoms with Crippen LogP contribution in [0.25, 0.3) is 10.2 Å². The minimum absolute atomic E-state index is 0.280. The monoisotopic (exact) mass is 317 g/mol. The third kappa shape index (κ3) is 2.57. The number of hydrogen-bond donors (Lipinski definition) is 1. The Bertz CT molecular complexity index is 657. The lowest BCUT2D eigenvalue weighted by atomic mass is 10.1. The predicted molar refractivity (Wildman–Crippen MR) is 87.6 cm³/mol. The van der Waals surface area contributed by atoms with Crippen LogP contribution in [0.5, 0.6) is 0 Å². The molecule has 4 rings (SSSR count). The topological polar surface area (TPSA) is 56.7 Å². The highest BCUT2D eigenvalue weighted by Crippen LogP contribution is 2.36. The van der Waals surface area contributed by atoms with Crippen molar-refractivity contribution in [2.45, 2.75) is 18.9 Å². The van der Waals surface area contributed by atoms with Crippen LogP contribution in [0, 0.1) is 5.92 Å². The average Bonchev–Trinajstić information content (AvgIpc) is 3.25. The van der Waals surface area contributed by atoms with E-state index in [1.165, 1.54) is 4.70 Å². The Morgan fingerprint density at radius 1 is 1.23 bits per heavy atom. The molecule has 1 unspecified atom stereocenters. The highest BCUT2D eigenvalue weighted by atomic mass is 32.1. The first-order valence-corrected chi connectivity index (χ1v) is 8.61. The van der Waals surface area contributed by atoms with E-state index in [1.54, 1.807) is 11.3 Å². The SMILES string of the molecule is O=C(O)C(C1CC1)N1CCN(c2nc3ccccc3s2)CC1. The molecule has 1 saturated heterocycles. The maximum atomic E-state index is 11.5. The molecule has 6 heteroatoms. The normalized spacial score (nSPS) is 21.2. The van der Waals surface area contributed by atoms with Gasteiger partial charge in [0, 0.05) is 26.2 Å². The molecule has 0 radical (unpaired) electrons. The highest BCUT2D eigenvalue weighted by molar-refractivity contribution is 7.22. The molecule has 2 aliphatic rings. The van der Waals surface area contributed by atoms with Crippen LogP contribution < -0.4 is 4.90 Å². The van der Waals surface area contributed by atoms with Gasteiger partial charge in [-0.2, -0.15) is 0 Å². The lowest BCUT2D eigenvalue weighted by Crippen LogP contribution is -2.53. The van der Waals surface area contributed by atoms with Gasteiger partial charge in [0.05, 0.1) is 10.2 Å². The van der Waals surface area contributed by atoms with Gasteiger partial charge in [0.15, 0.2) is 5.13 Å². The Kier molecular flexibility index (Phi) is 3.50. The van der Waals surface area contributed by atoms with E-state index < -0.39 is 5.97 Å². The molecule has 1 atom stereocenters. The summed E-state index contributed by atoms with van der Waals surface area (Å²) in [6.45, 7) is 3.33. The van der Waals surface area contributed by atoms with Crippen molar-refractivity contribution < 1.29 is 9.90 Å². The summed E-state index contributed by atoms with van der Waals surface area (Å²) in [5.74, 6) is -0.289. The lowest BCUT2D eigenvalue weighted by molar-refractivity contribution is -0.144. The van der Waals surface area contributed by atoms with Crippen LogP contribution in [0.4, 0.5) is 5.13 Å². The smallest absolute Gasteiger partial charge is 0.321 e. The molecule has 0 spiro atoms. The first-order valence-electron chi connectivity index (χ1n) is 7.80. The Morgan fingerprint density at radius 2 is 1.95 bits per heavy atom. The van der Waals surface area contributed by atoms with Gasteiger partial charge >= 0.3 is 5.97 Å². The minimum Gasteiger partial charge on any atom is -0.480 e. The summed E-state index contributed by atoms with van der Waals surface area (Å²) in [5, 5.41) is 10.5. The summed E-state index contributed by atoms with van der Waals surface area (Å²) < 4.78 is 1.21. The van der Waals surface area contributed by atoms with Gasteiger partial charge in [-0.1, -0.05) is 23.5 Å². The van der Waals surface area contributed by atoms with Crippen molar-refractivity contribution in [3.8, 4) is 0 Å². The number of carbonyl (C=O) groups is 1. The average molecular weight is 317 g/mol. The van der Waals surface area contributed by atoms with Gasteiger partial charge < -0.3 is 10.0 Å². The summed E-state index contributed by atoms with van der Waals surface area (Å²) in [6, 6.07) is 7.91. The van der Waals surface area contributed by atoms with Crippen molar-refractivity contribution in [2.75, 3.05) is 31.1 Å². The molecule has 2 fully saturated rings. The van der Waals surface area contributed by atoms with Crippen LogP contribution >= 0.6 is 11.3 Å². The van der Waals surface area contributed by atoms with Gasteiger partial charge in [-0.3, -0.25) is 9.69 Å². The summed E-state index contributed by atoms with van der Waals surface area (Å²) in [6.07, 6.45) is 2.13. The fourth-order valence-electron chi connectivity index (χ4n) is 3.25. The third-order valence-electron chi connectivity index (χ3n) is 4.58. The highest BCUT2D eigenvalue weighted by Gasteiger charge is 2.41. The Balaban J connectivity index is 1.46. The zero-order valence-corrected chi connectivity index (χ0v) is 13.1. The maximum absolute atomic E-state index is 11.5. The molecule has 2 aromatic rings. The Labute approximate surface area is 133 Å². The van der Waals surface area contributed by atoms with Gasteiger partial charge in [0.1, 0.15) is 6.04 Å². The Hall–Kier alpha value is -1.66. The van der Waals surface area contributed by atoms with Gasteiger partial charge in [0.25, 0.3) is 0 Å². The van der Waals surface area contributed by atoms with Crippen LogP contribution in [-0.4, -0.2) is 53.2 Å². The quantitative estimate of drug-likeness (QED) is 0.937. The molecule has 1 aromatic heterocycles. The Morgan fingerprint density at radius 3 is 2.59 bits per heavy atom. The van der Waals surface area contributed by atoms with Crippen molar-refractivity contribution in [1.82, 2.24) is 9.88 Å². The number of anilines is 1. The summed E-state index contributed by atoms with van der Waals surface area (Å²) in [4.78, 5) is 20.6. The maximum Gasteiger partial charge on any atom is 0.321 e. The van der Waals surface area contributed by atoms with Gasteiger partial charge in [-0.15, -0.1) is 0 Å². The number of fused-ring (bicyclic) bond motifs is 1. The lowest BCUT2D eigenvalue weighted by Gasteiger charge is -2.37. The summed E-state index contributed by atoms with van der Waals surface area (Å²) >= 11 is 1.72. The number of carboxylic acid groups (broad SMARTS) is 1. The molecule has 1 aromatic carbocycles. The number of para-hydroxylation sites is 1. The number of piperazine rings is 1. The largest absolute Gasteiger partial charge is 0.480 e. The number of nitrogens with zero attached hydrogens (tertiary/aromatic N) is 3. The first-order chi connectivity index (χ1) is 10.7. The standard InChI is InChI=1S/C16H19N3O2S/c20-15(21)14(11-5-6-11)18-7-9-19(10-8-18)16-17-12-3-1-2-4-13(12)22-16/h1-4,11,14H,5-10H2,(H,20,21). The van der Waals surface area contributed by atoms with Crippen LogP contribution in [-0.2, 0) is 4.79 Å². The van der Waals surface area contributed by atoms with E-state index >= 15 is 0 Å². The molecular formula is C16H19N3O2S. The minimum atomic E-state index is -0.657. The summed E-state index contributed by atoms with van der Waals surface area (Å²) in [7, 11) is 0. The fraction of sp³-hybridized carbons (Fsp3) is 0.500. The van der Waals surface area contributed by atoms with E-state index in [1.807, 2.05) is 18.2 Å². The molecule has 0 amide bonds. The van der Waals surface area contributed by atoms with E-state index in [2.05, 4.69) is 15.9 Å². The van der Waals surface area contributed by atoms with Crippen molar-refractivity contribution in [3.05, 3.63) is 24.3 Å². The van der Waals surface area contributed by atoms with E-state index in [0.29, 0.717) is 5.92 Å². The van der Waals surface area contributed by atoms with Crippen LogP contribution in [0.15, 0.2) is 24.3 Å². The van der Waals surface area contributed by atoms with Gasteiger partial charge in [-0.25, -0.2) is 4.98 Å². The molecule has 116 valence electrons. The molecule has 0 bridgehead atoms. The number of thiazole rings is 1. The number of carboxylic acids is 1. The van der Waals surface area contributed by atoms with Crippen molar-refractivity contribution in [1.29, 1.82) is 0 Å². The van der Waals surface area contributed by atoms with Gasteiger partial charge in [-0.05, 0) is 30.9 Å². The predicted octanol–water partition coefficient (Wildman–Crippen LogP) is 2.28. The van der Waals surface area contributed by atoms with Crippen LogP contribution in [0.3, 0.4) is 0 Å². The van der Waals surface area contributed by atoms with Crippen LogP contribution in [0.2, 0.25) is 0 Å². The number of aliphatic carboxylic acids is 1. The molecule has 5 nitrogen and oxygen atoms in total. The van der Waals surface area contributed by atoms with Crippen molar-refractivity contribution in [2.24, 2.45) is 5.92 Å². The van der Waals surface area contributed by atoms with E-state index in [-0.39, 0.29) is 6.04 Å². The molecular weight excluding hydrogens is 298 g/mol. The van der Waals surface area contributed by atoms with E-state index in [0.717, 1.165) is 49.7 Å². The van der Waals surface area contributed by atoms with Crippen molar-refractivity contribution >= 4 is 32.7 Å². The number of hydrogen-bond acceptors (Lipinski definition) is 5. The van der Waals surface area contributed by atoms with Crippen LogP contribution in [0.1, 0.15) is 12.8 Å². The summed E-state index contributed by atoms with van der Waals surface area (Å²) in [5.41, 5.74) is 1.05. The second-order valence-corrected chi connectivity index (χ2v) is 7.12. The van der Waals surface area contributed by atoms with Gasteiger partial charge in [0.2, 0.25) is 0 Å². The second-order valence-electron chi connectivity index (χ2n) is 6.11. The zero-order chi connectivity index (χ0) is 15.1. The molecule has 22 heavy (non-hydrogen) atoms. The van der Waals surface area contributed by atoms with E-state index in [9.17, 15) is 9.90 Å². The number of rotatable bonds is 4. The molecule has 2 heterocycles. The third-order valence-corrected chi connectivity index (χ3v) is 5.68. The number of aromatic nitrogens is 1. The molecule has 1 aliphatic carbocycles. The second kappa shape index (κ2) is 5.52. The molecule has 1 aliphatic heterocycles. The first kappa shape index (κ1) is 14.0. The molecule has 1 N–H and O–H groups in total. The van der Waals surface area contributed by atoms with E-state index in [4.69, 9.17) is 4.98 Å². The molecule has 1 saturated carbocycles. The van der Waals surface area contributed by atoms with Crippen molar-refractivity contribution in [3.63, 3.8) is 0 Å². The zero-order valence-electron chi connectivity index (χ0n) is 12.3.